The third kappa shape index (κ3) is 3.39. The molecule has 15 heavy (non-hydrogen) atoms. The minimum Gasteiger partial charge on any atom is -0.492 e. The van der Waals surface area contributed by atoms with Crippen molar-refractivity contribution in [3.63, 3.8) is 0 Å². The van der Waals surface area contributed by atoms with Gasteiger partial charge in [-0.3, -0.25) is 0 Å². The Morgan fingerprint density at radius 1 is 1.60 bits per heavy atom. The summed E-state index contributed by atoms with van der Waals surface area (Å²) in [5.74, 6) is 0.638. The maximum Gasteiger partial charge on any atom is 0.142 e. The molecule has 0 unspecified atom stereocenters. The van der Waals surface area contributed by atoms with Crippen molar-refractivity contribution in [1.29, 1.82) is 0 Å². The highest BCUT2D eigenvalue weighted by Crippen LogP contribution is 2.31. The second-order valence-electron chi connectivity index (χ2n) is 2.90. The molecule has 1 aromatic rings. The summed E-state index contributed by atoms with van der Waals surface area (Å²) in [6.45, 7) is 2.62. The maximum absolute atomic E-state index is 8.51. The molecule has 0 aliphatic carbocycles. The molecule has 1 rings (SSSR count). The lowest BCUT2D eigenvalue weighted by Gasteiger charge is -2.10. The summed E-state index contributed by atoms with van der Waals surface area (Å²) in [6, 6.07) is 3.41. The fourth-order valence-corrected chi connectivity index (χ4v) is 2.04. The number of hydrogen-bond donors (Lipinski definition) is 1. The van der Waals surface area contributed by atoms with Crippen molar-refractivity contribution in [3.8, 4) is 5.75 Å². The Hall–Kier alpha value is -0.740. The minimum absolute atomic E-state index is 0.556. The predicted octanol–water partition coefficient (Wildman–Crippen LogP) is 3.70. The molecule has 0 saturated carbocycles. The van der Waals surface area contributed by atoms with Crippen LogP contribution in [-0.2, 0) is 0 Å². The average Bonchev–Trinajstić information content (AvgIpc) is 2.17. The third-order valence-electron chi connectivity index (χ3n) is 1.68. The quantitative estimate of drug-likeness (QED) is 0.522. The zero-order chi connectivity index (χ0) is 11.3. The number of nitrogens with zero attached hydrogens (tertiary/aromatic N) is 1. The van der Waals surface area contributed by atoms with Gasteiger partial charge in [0.2, 0.25) is 0 Å². The van der Waals surface area contributed by atoms with E-state index in [1.54, 1.807) is 12.1 Å². The molecule has 82 valence electrons. The van der Waals surface area contributed by atoms with E-state index in [-0.39, 0.29) is 0 Å². The van der Waals surface area contributed by atoms with Gasteiger partial charge in [-0.2, -0.15) is 0 Å². The monoisotopic (exact) mass is 291 g/mol. The summed E-state index contributed by atoms with van der Waals surface area (Å²) in [4.78, 5) is 0. The van der Waals surface area contributed by atoms with Crippen LogP contribution < -0.4 is 4.74 Å². The lowest BCUT2D eigenvalue weighted by Crippen LogP contribution is -1.99. The number of rotatable bonds is 4. The van der Waals surface area contributed by atoms with Gasteiger partial charge in [0, 0.05) is 10.6 Å². The van der Waals surface area contributed by atoms with Gasteiger partial charge in [-0.25, -0.2) is 0 Å². The van der Waals surface area contributed by atoms with Crippen molar-refractivity contribution in [2.24, 2.45) is 5.16 Å². The van der Waals surface area contributed by atoms with Crippen LogP contribution in [0.25, 0.3) is 0 Å². The summed E-state index contributed by atoms with van der Waals surface area (Å²) in [5, 5.41) is 12.0. The molecule has 0 fully saturated rings. The van der Waals surface area contributed by atoms with Crippen molar-refractivity contribution in [2.75, 3.05) is 6.61 Å². The van der Waals surface area contributed by atoms with E-state index < -0.39 is 0 Å². The Morgan fingerprint density at radius 3 is 2.93 bits per heavy atom. The molecule has 0 saturated heterocycles. The van der Waals surface area contributed by atoms with Crippen molar-refractivity contribution in [2.45, 2.75) is 13.3 Å². The Labute approximate surface area is 102 Å². The lowest BCUT2D eigenvalue weighted by molar-refractivity contribution is 0.312. The highest BCUT2D eigenvalue weighted by molar-refractivity contribution is 9.10. The van der Waals surface area contributed by atoms with Crippen LogP contribution in [-0.4, -0.2) is 18.0 Å². The first-order valence-corrected chi connectivity index (χ1v) is 5.65. The normalized spacial score (nSPS) is 10.9. The second kappa shape index (κ2) is 5.98. The first kappa shape index (κ1) is 12.3. The fourth-order valence-electron chi connectivity index (χ4n) is 1.09. The van der Waals surface area contributed by atoms with Gasteiger partial charge in [-0.1, -0.05) is 23.7 Å². The molecule has 5 heteroatoms. The van der Waals surface area contributed by atoms with Crippen molar-refractivity contribution >= 4 is 33.7 Å². The molecule has 3 nitrogen and oxygen atoms in total. The van der Waals surface area contributed by atoms with E-state index in [0.717, 1.165) is 10.9 Å². The van der Waals surface area contributed by atoms with Crippen molar-refractivity contribution in [3.05, 3.63) is 27.2 Å². The van der Waals surface area contributed by atoms with E-state index >= 15 is 0 Å². The first-order chi connectivity index (χ1) is 7.19. The molecular weight excluding hydrogens is 281 g/mol. The van der Waals surface area contributed by atoms with E-state index in [4.69, 9.17) is 21.5 Å². The summed E-state index contributed by atoms with van der Waals surface area (Å²) >= 11 is 9.21. The van der Waals surface area contributed by atoms with Gasteiger partial charge in [0.05, 0.1) is 17.3 Å². The smallest absolute Gasteiger partial charge is 0.142 e. The molecule has 0 aromatic heterocycles. The van der Waals surface area contributed by atoms with Gasteiger partial charge in [0.15, 0.2) is 0 Å². The highest BCUT2D eigenvalue weighted by Gasteiger charge is 2.08. The molecule has 0 amide bonds. The van der Waals surface area contributed by atoms with E-state index in [1.165, 1.54) is 6.21 Å². The molecule has 0 aliphatic heterocycles. The van der Waals surface area contributed by atoms with Crippen LogP contribution >= 0.6 is 27.5 Å². The number of benzene rings is 1. The molecule has 0 aliphatic rings. The van der Waals surface area contributed by atoms with Crippen LogP contribution in [0.1, 0.15) is 18.9 Å². The minimum atomic E-state index is 0.556. The average molecular weight is 293 g/mol. The number of ether oxygens (including phenoxy) is 1. The topological polar surface area (TPSA) is 41.8 Å². The molecule has 0 atom stereocenters. The molecule has 1 aromatic carbocycles. The number of oxime groups is 1. The van der Waals surface area contributed by atoms with Gasteiger partial charge in [-0.15, -0.1) is 0 Å². The number of hydrogen-bond acceptors (Lipinski definition) is 3. The predicted molar refractivity (Wildman–Crippen MR) is 64.3 cm³/mol. The lowest BCUT2D eigenvalue weighted by atomic mass is 10.2. The Kier molecular flexibility index (Phi) is 4.91. The van der Waals surface area contributed by atoms with E-state index in [2.05, 4.69) is 21.1 Å². The summed E-state index contributed by atoms with van der Waals surface area (Å²) in [7, 11) is 0. The second-order valence-corrected chi connectivity index (χ2v) is 4.19. The SMILES string of the molecule is CCCOc1c(Br)cc(Cl)cc1C=NO. The van der Waals surface area contributed by atoms with E-state index in [1.807, 2.05) is 6.92 Å². The molecule has 0 spiro atoms. The Morgan fingerprint density at radius 2 is 2.33 bits per heavy atom. The van der Waals surface area contributed by atoms with Crippen molar-refractivity contribution in [1.82, 2.24) is 0 Å². The molecule has 0 radical (unpaired) electrons. The van der Waals surface area contributed by atoms with E-state index in [0.29, 0.717) is 22.9 Å². The molecule has 0 bridgehead atoms. The van der Waals surface area contributed by atoms with Gasteiger partial charge < -0.3 is 9.94 Å². The summed E-state index contributed by atoms with van der Waals surface area (Å²) < 4.78 is 6.27. The zero-order valence-corrected chi connectivity index (χ0v) is 10.5. The number of halogens is 2. The first-order valence-electron chi connectivity index (χ1n) is 4.48. The standard InChI is InChI=1S/C10H11BrClNO2/c1-2-3-15-10-7(6-13-14)4-8(12)5-9(10)11/h4-6,14H,2-3H2,1H3. The van der Waals surface area contributed by atoms with Crippen LogP contribution in [0.15, 0.2) is 21.8 Å². The fraction of sp³-hybridized carbons (Fsp3) is 0.300. The summed E-state index contributed by atoms with van der Waals surface area (Å²) in [5.41, 5.74) is 0.644. The van der Waals surface area contributed by atoms with Crippen LogP contribution in [0.3, 0.4) is 0 Å². The third-order valence-corrected chi connectivity index (χ3v) is 2.49. The van der Waals surface area contributed by atoms with Gasteiger partial charge in [0.1, 0.15) is 5.75 Å². The Balaban J connectivity index is 3.08. The highest BCUT2D eigenvalue weighted by atomic mass is 79.9. The van der Waals surface area contributed by atoms with Crippen LogP contribution in [0, 0.1) is 0 Å². The van der Waals surface area contributed by atoms with Crippen LogP contribution in [0.4, 0.5) is 0 Å². The summed E-state index contributed by atoms with van der Waals surface area (Å²) in [6.07, 6.45) is 2.20. The molecule has 1 N–H and O–H groups in total. The maximum atomic E-state index is 8.51. The van der Waals surface area contributed by atoms with Gasteiger partial charge in [-0.05, 0) is 34.5 Å². The largest absolute Gasteiger partial charge is 0.492 e. The van der Waals surface area contributed by atoms with Crippen LogP contribution in [0.2, 0.25) is 5.02 Å². The zero-order valence-electron chi connectivity index (χ0n) is 8.20. The van der Waals surface area contributed by atoms with Crippen LogP contribution in [0.5, 0.6) is 5.75 Å². The van der Waals surface area contributed by atoms with Gasteiger partial charge >= 0.3 is 0 Å². The molecule has 0 heterocycles. The Bertz CT molecular complexity index is 369. The van der Waals surface area contributed by atoms with E-state index in [9.17, 15) is 0 Å². The van der Waals surface area contributed by atoms with Crippen molar-refractivity contribution < 1.29 is 9.94 Å². The van der Waals surface area contributed by atoms with Gasteiger partial charge in [0.25, 0.3) is 0 Å². The molecular formula is C10H11BrClNO2.